The number of hydrogen-bond acceptors (Lipinski definition) is 5. The Hall–Kier alpha value is -1.79. The quantitative estimate of drug-likeness (QED) is 0.826. The number of thioether (sulfide) groups is 1. The third kappa shape index (κ3) is 3.85. The molecular formula is C13H12ClN3O2S. The highest BCUT2D eigenvalue weighted by molar-refractivity contribution is 7.98. The smallest absolute Gasteiger partial charge is 0.354 e. The van der Waals surface area contributed by atoms with Gasteiger partial charge in [-0.25, -0.2) is 14.8 Å². The van der Waals surface area contributed by atoms with Crippen LogP contribution in [0.5, 0.6) is 0 Å². The topological polar surface area (TPSA) is 75.1 Å². The van der Waals surface area contributed by atoms with Crippen molar-refractivity contribution in [2.24, 2.45) is 0 Å². The maximum atomic E-state index is 11.0. The Morgan fingerprint density at radius 3 is 2.65 bits per heavy atom. The van der Waals surface area contributed by atoms with E-state index in [1.165, 1.54) is 17.8 Å². The molecule has 0 radical (unpaired) electrons. The molecule has 20 heavy (non-hydrogen) atoms. The molecule has 1 aromatic carbocycles. The van der Waals surface area contributed by atoms with E-state index in [2.05, 4.69) is 15.3 Å². The van der Waals surface area contributed by atoms with Crippen LogP contribution in [-0.4, -0.2) is 28.1 Å². The molecular weight excluding hydrogens is 298 g/mol. The lowest BCUT2D eigenvalue weighted by Crippen LogP contribution is -2.07. The number of aromatic carboxylic acids is 1. The Balaban J connectivity index is 2.14. The van der Waals surface area contributed by atoms with Crippen LogP contribution >= 0.6 is 23.4 Å². The molecule has 1 aromatic heterocycles. The van der Waals surface area contributed by atoms with Crippen LogP contribution < -0.4 is 5.32 Å². The van der Waals surface area contributed by atoms with Crippen molar-refractivity contribution in [3.8, 4) is 0 Å². The summed E-state index contributed by atoms with van der Waals surface area (Å²) in [6.45, 7) is 0. The molecule has 0 saturated heterocycles. The monoisotopic (exact) mass is 309 g/mol. The maximum Gasteiger partial charge on any atom is 0.354 e. The summed E-state index contributed by atoms with van der Waals surface area (Å²) >= 11 is 7.33. The van der Waals surface area contributed by atoms with Gasteiger partial charge in [0.1, 0.15) is 11.6 Å². The van der Waals surface area contributed by atoms with Gasteiger partial charge in [0.2, 0.25) is 0 Å². The number of carboxylic acid groups (broad SMARTS) is 1. The van der Waals surface area contributed by atoms with Crippen molar-refractivity contribution in [2.75, 3.05) is 12.4 Å². The first-order valence-corrected chi connectivity index (χ1v) is 7.12. The van der Waals surface area contributed by atoms with Crippen molar-refractivity contribution in [2.45, 2.75) is 10.6 Å². The van der Waals surface area contributed by atoms with Crippen LogP contribution in [0.15, 0.2) is 35.2 Å². The van der Waals surface area contributed by atoms with Gasteiger partial charge >= 0.3 is 5.97 Å². The van der Waals surface area contributed by atoms with E-state index < -0.39 is 5.97 Å². The molecule has 0 fully saturated rings. The zero-order valence-corrected chi connectivity index (χ0v) is 12.2. The van der Waals surface area contributed by atoms with Gasteiger partial charge in [0.15, 0.2) is 5.69 Å². The molecule has 1 heterocycles. The zero-order valence-electron chi connectivity index (χ0n) is 10.6. The molecule has 104 valence electrons. The first-order valence-electron chi connectivity index (χ1n) is 5.76. The van der Waals surface area contributed by atoms with E-state index in [-0.39, 0.29) is 5.69 Å². The van der Waals surface area contributed by atoms with Crippen LogP contribution in [0.2, 0.25) is 5.02 Å². The average molecular weight is 310 g/mol. The number of halogens is 1. The molecule has 0 unspecified atom stereocenters. The summed E-state index contributed by atoms with van der Waals surface area (Å²) in [5.74, 6) is 0.372. The number of rotatable bonds is 5. The van der Waals surface area contributed by atoms with Crippen LogP contribution in [0.25, 0.3) is 0 Å². The molecule has 2 N–H and O–H groups in total. The molecule has 0 atom stereocenters. The van der Waals surface area contributed by atoms with Crippen LogP contribution in [0.1, 0.15) is 16.3 Å². The molecule has 0 spiro atoms. The summed E-state index contributed by atoms with van der Waals surface area (Å²) in [4.78, 5) is 20.3. The molecule has 7 heteroatoms. The van der Waals surface area contributed by atoms with Crippen LogP contribution in [0.3, 0.4) is 0 Å². The predicted molar refractivity (Wildman–Crippen MR) is 79.6 cm³/mol. The minimum atomic E-state index is -1.07. The fraction of sp³-hybridized carbons (Fsp3) is 0.154. The van der Waals surface area contributed by atoms with Gasteiger partial charge in [0, 0.05) is 23.0 Å². The molecule has 0 aliphatic rings. The van der Waals surface area contributed by atoms with Gasteiger partial charge in [0.05, 0.1) is 5.75 Å². The third-order valence-electron chi connectivity index (χ3n) is 2.43. The van der Waals surface area contributed by atoms with E-state index in [1.807, 2.05) is 12.1 Å². The molecule has 2 rings (SSSR count). The minimum Gasteiger partial charge on any atom is -0.477 e. The van der Waals surface area contributed by atoms with Crippen LogP contribution in [0, 0.1) is 0 Å². The number of carboxylic acids is 1. The lowest BCUT2D eigenvalue weighted by molar-refractivity contribution is 0.0690. The SMILES string of the molecule is CNc1cc(C(=O)O)nc(CSc2ccc(Cl)cc2)n1. The van der Waals surface area contributed by atoms with E-state index in [1.54, 1.807) is 19.2 Å². The maximum absolute atomic E-state index is 11.0. The summed E-state index contributed by atoms with van der Waals surface area (Å²) in [5, 5.41) is 12.5. The Kier molecular flexibility index (Phi) is 4.81. The number of nitrogens with zero attached hydrogens (tertiary/aromatic N) is 2. The molecule has 0 aliphatic heterocycles. The van der Waals surface area contributed by atoms with Gasteiger partial charge in [-0.2, -0.15) is 0 Å². The number of carbonyl (C=O) groups is 1. The van der Waals surface area contributed by atoms with Gasteiger partial charge in [-0.3, -0.25) is 0 Å². The van der Waals surface area contributed by atoms with Crippen molar-refractivity contribution in [3.05, 3.63) is 46.9 Å². The van der Waals surface area contributed by atoms with Crippen molar-refractivity contribution < 1.29 is 9.90 Å². The Labute approximate surface area is 125 Å². The van der Waals surface area contributed by atoms with Gasteiger partial charge in [0.25, 0.3) is 0 Å². The minimum absolute atomic E-state index is 0.0175. The summed E-state index contributed by atoms with van der Waals surface area (Å²) < 4.78 is 0. The highest BCUT2D eigenvalue weighted by atomic mass is 35.5. The normalized spacial score (nSPS) is 10.3. The lowest BCUT2D eigenvalue weighted by Gasteiger charge is -2.05. The first kappa shape index (κ1) is 14.6. The van der Waals surface area contributed by atoms with Crippen molar-refractivity contribution in [1.29, 1.82) is 0 Å². The first-order chi connectivity index (χ1) is 9.58. The van der Waals surface area contributed by atoms with Gasteiger partial charge in [-0.05, 0) is 24.3 Å². The Morgan fingerprint density at radius 2 is 2.05 bits per heavy atom. The van der Waals surface area contributed by atoms with E-state index in [0.29, 0.717) is 22.4 Å². The van der Waals surface area contributed by atoms with Crippen LogP contribution in [0.4, 0.5) is 5.82 Å². The van der Waals surface area contributed by atoms with Gasteiger partial charge in [-0.15, -0.1) is 11.8 Å². The number of nitrogens with one attached hydrogen (secondary N) is 1. The molecule has 0 amide bonds. The largest absolute Gasteiger partial charge is 0.477 e. The molecule has 0 bridgehead atoms. The highest BCUT2D eigenvalue weighted by Crippen LogP contribution is 2.23. The third-order valence-corrected chi connectivity index (χ3v) is 3.69. The van der Waals surface area contributed by atoms with Crippen molar-refractivity contribution >= 4 is 35.1 Å². The fourth-order valence-corrected chi connectivity index (χ4v) is 2.36. The van der Waals surface area contributed by atoms with Crippen molar-refractivity contribution in [1.82, 2.24) is 9.97 Å². The van der Waals surface area contributed by atoms with Crippen LogP contribution in [-0.2, 0) is 5.75 Å². The van der Waals surface area contributed by atoms with E-state index in [0.717, 1.165) is 4.90 Å². The van der Waals surface area contributed by atoms with E-state index in [9.17, 15) is 4.79 Å². The summed E-state index contributed by atoms with van der Waals surface area (Å²) in [5.41, 5.74) is -0.0175. The van der Waals surface area contributed by atoms with Gasteiger partial charge in [-0.1, -0.05) is 11.6 Å². The zero-order chi connectivity index (χ0) is 14.5. The second-order valence-electron chi connectivity index (χ2n) is 3.85. The number of anilines is 1. The van der Waals surface area contributed by atoms with Crippen molar-refractivity contribution in [3.63, 3.8) is 0 Å². The Bertz CT molecular complexity index is 620. The summed E-state index contributed by atoms with van der Waals surface area (Å²) in [6.07, 6.45) is 0. The standard InChI is InChI=1S/C13H12ClN3O2S/c1-15-11-6-10(13(18)19)16-12(17-11)7-20-9-4-2-8(14)3-5-9/h2-6H,7H2,1H3,(H,18,19)(H,15,16,17). The number of benzene rings is 1. The summed E-state index contributed by atoms with van der Waals surface area (Å²) in [6, 6.07) is 8.80. The van der Waals surface area contributed by atoms with Gasteiger partial charge < -0.3 is 10.4 Å². The fourth-order valence-electron chi connectivity index (χ4n) is 1.48. The lowest BCUT2D eigenvalue weighted by atomic mass is 10.4. The average Bonchev–Trinajstić information content (AvgIpc) is 2.46. The van der Waals surface area contributed by atoms with E-state index >= 15 is 0 Å². The highest BCUT2D eigenvalue weighted by Gasteiger charge is 2.10. The number of aromatic nitrogens is 2. The predicted octanol–water partition coefficient (Wildman–Crippen LogP) is 3.16. The molecule has 2 aromatic rings. The second-order valence-corrected chi connectivity index (χ2v) is 5.34. The summed E-state index contributed by atoms with van der Waals surface area (Å²) in [7, 11) is 1.68. The Morgan fingerprint density at radius 1 is 1.35 bits per heavy atom. The second kappa shape index (κ2) is 6.58. The molecule has 5 nitrogen and oxygen atoms in total. The number of hydrogen-bond donors (Lipinski definition) is 2. The molecule has 0 saturated carbocycles. The van der Waals surface area contributed by atoms with E-state index in [4.69, 9.17) is 16.7 Å². The molecule has 0 aliphatic carbocycles.